The SMILES string of the molecule is Br.NCCC[n+]1ccn(-c2ccccn2)c1.[Br-]. The van der Waals surface area contributed by atoms with Gasteiger partial charge in [-0.25, -0.2) is 9.55 Å². The first-order chi connectivity index (χ1) is 7.40. The lowest BCUT2D eigenvalue weighted by Crippen LogP contribution is -3.00. The van der Waals surface area contributed by atoms with Gasteiger partial charge in [0.05, 0.1) is 6.54 Å². The van der Waals surface area contributed by atoms with Crippen LogP contribution in [0.1, 0.15) is 6.42 Å². The van der Waals surface area contributed by atoms with Gasteiger partial charge in [0.15, 0.2) is 0 Å². The van der Waals surface area contributed by atoms with E-state index in [2.05, 4.69) is 9.55 Å². The molecule has 0 fully saturated rings. The molecule has 0 aliphatic carbocycles. The highest BCUT2D eigenvalue weighted by atomic mass is 79.9. The molecule has 2 rings (SSSR count). The Morgan fingerprint density at radius 3 is 2.82 bits per heavy atom. The van der Waals surface area contributed by atoms with E-state index in [4.69, 9.17) is 5.73 Å². The smallest absolute Gasteiger partial charge is 0.250 e. The van der Waals surface area contributed by atoms with E-state index in [0.717, 1.165) is 25.3 Å². The van der Waals surface area contributed by atoms with Crippen molar-refractivity contribution in [2.24, 2.45) is 5.73 Å². The van der Waals surface area contributed by atoms with Crippen LogP contribution in [0.4, 0.5) is 0 Å². The predicted molar refractivity (Wildman–Crippen MR) is 67.8 cm³/mol. The van der Waals surface area contributed by atoms with Gasteiger partial charge in [0, 0.05) is 12.3 Å². The highest BCUT2D eigenvalue weighted by Gasteiger charge is 2.05. The van der Waals surface area contributed by atoms with Crippen LogP contribution in [0.25, 0.3) is 5.82 Å². The predicted octanol–water partition coefficient (Wildman–Crippen LogP) is -1.91. The van der Waals surface area contributed by atoms with E-state index in [0.29, 0.717) is 0 Å². The Labute approximate surface area is 122 Å². The number of aryl methyl sites for hydroxylation is 1. The number of rotatable bonds is 4. The Morgan fingerprint density at radius 2 is 2.18 bits per heavy atom. The average Bonchev–Trinajstić information content (AvgIpc) is 2.76. The number of nitrogens with two attached hydrogens (primary N) is 1. The van der Waals surface area contributed by atoms with E-state index in [-0.39, 0.29) is 34.0 Å². The Bertz CT molecular complexity index is 416. The van der Waals surface area contributed by atoms with Gasteiger partial charge in [0.1, 0.15) is 12.4 Å². The number of hydrogen-bond donors (Lipinski definition) is 1. The third kappa shape index (κ3) is 4.57. The van der Waals surface area contributed by atoms with E-state index in [9.17, 15) is 0 Å². The summed E-state index contributed by atoms with van der Waals surface area (Å²) in [6, 6.07) is 5.87. The molecule has 2 aromatic heterocycles. The van der Waals surface area contributed by atoms with E-state index in [1.54, 1.807) is 6.20 Å². The Kier molecular flexibility index (Phi) is 8.03. The highest BCUT2D eigenvalue weighted by Crippen LogP contribution is 2.00. The van der Waals surface area contributed by atoms with Crippen molar-refractivity contribution in [2.45, 2.75) is 13.0 Å². The van der Waals surface area contributed by atoms with Crippen molar-refractivity contribution in [3.05, 3.63) is 43.1 Å². The van der Waals surface area contributed by atoms with Crippen molar-refractivity contribution in [3.63, 3.8) is 0 Å². The largest absolute Gasteiger partial charge is 1.00 e. The average molecular weight is 364 g/mol. The highest BCUT2D eigenvalue weighted by molar-refractivity contribution is 8.93. The van der Waals surface area contributed by atoms with E-state index >= 15 is 0 Å². The molecule has 17 heavy (non-hydrogen) atoms. The fraction of sp³-hybridized carbons (Fsp3) is 0.273. The first-order valence-corrected chi connectivity index (χ1v) is 5.08. The maximum atomic E-state index is 5.46. The molecular weight excluding hydrogens is 348 g/mol. The summed E-state index contributed by atoms with van der Waals surface area (Å²) in [6.45, 7) is 1.68. The Hall–Kier alpha value is -0.720. The van der Waals surface area contributed by atoms with Gasteiger partial charge in [0.25, 0.3) is 0 Å². The lowest BCUT2D eigenvalue weighted by atomic mass is 10.4. The van der Waals surface area contributed by atoms with Crippen molar-refractivity contribution in [3.8, 4) is 5.82 Å². The summed E-state index contributed by atoms with van der Waals surface area (Å²) in [4.78, 5) is 4.27. The molecule has 0 aliphatic heterocycles. The van der Waals surface area contributed by atoms with Crippen LogP contribution in [-0.4, -0.2) is 16.1 Å². The Morgan fingerprint density at radius 1 is 1.35 bits per heavy atom. The number of imidazole rings is 1. The number of hydrogen-bond acceptors (Lipinski definition) is 2. The monoisotopic (exact) mass is 362 g/mol. The van der Waals surface area contributed by atoms with Crippen LogP contribution in [0.3, 0.4) is 0 Å². The fourth-order valence-electron chi connectivity index (χ4n) is 1.44. The second-order valence-corrected chi connectivity index (χ2v) is 3.39. The minimum atomic E-state index is 0. The van der Waals surface area contributed by atoms with Crippen molar-refractivity contribution in [1.82, 2.24) is 9.55 Å². The lowest BCUT2D eigenvalue weighted by Gasteiger charge is -1.93. The van der Waals surface area contributed by atoms with Crippen molar-refractivity contribution < 1.29 is 21.5 Å². The number of halogens is 2. The van der Waals surface area contributed by atoms with Crippen LogP contribution in [0.2, 0.25) is 0 Å². The summed E-state index contributed by atoms with van der Waals surface area (Å²) in [5, 5.41) is 0. The van der Waals surface area contributed by atoms with Gasteiger partial charge in [-0.1, -0.05) is 6.07 Å². The van der Waals surface area contributed by atoms with Crippen LogP contribution < -0.4 is 27.3 Å². The molecule has 4 nitrogen and oxygen atoms in total. The Balaban J connectivity index is 0.00000128. The number of nitrogens with zero attached hydrogens (tertiary/aromatic N) is 3. The van der Waals surface area contributed by atoms with Gasteiger partial charge < -0.3 is 22.7 Å². The summed E-state index contributed by atoms with van der Waals surface area (Å²) in [7, 11) is 0. The minimum absolute atomic E-state index is 0. The molecule has 0 radical (unpaired) electrons. The lowest BCUT2D eigenvalue weighted by molar-refractivity contribution is -0.696. The van der Waals surface area contributed by atoms with E-state index in [1.807, 2.05) is 41.5 Å². The molecule has 0 bridgehead atoms. The molecule has 0 aliphatic rings. The molecule has 6 heteroatoms. The quantitative estimate of drug-likeness (QED) is 0.644. The van der Waals surface area contributed by atoms with Gasteiger partial charge in [-0.3, -0.25) is 0 Å². The molecule has 0 spiro atoms. The number of pyridine rings is 1. The molecule has 0 saturated heterocycles. The maximum absolute atomic E-state index is 5.46. The van der Waals surface area contributed by atoms with Crippen molar-refractivity contribution >= 4 is 17.0 Å². The van der Waals surface area contributed by atoms with E-state index < -0.39 is 0 Å². The normalized spacial score (nSPS) is 9.24. The molecule has 0 amide bonds. The molecule has 2 aromatic rings. The first kappa shape index (κ1) is 16.3. The van der Waals surface area contributed by atoms with Crippen molar-refractivity contribution in [2.75, 3.05) is 6.54 Å². The minimum Gasteiger partial charge on any atom is -1.00 e. The summed E-state index contributed by atoms with van der Waals surface area (Å²) in [5.74, 6) is 0.934. The molecule has 0 unspecified atom stereocenters. The standard InChI is InChI=1S/C11H15N4.2BrH/c12-5-3-7-14-8-9-15(10-14)11-4-1-2-6-13-11;;/h1-2,4,6,8-10H,3,5,7,12H2;2*1H/q+1;;/p-1. The van der Waals surface area contributed by atoms with Crippen molar-refractivity contribution in [1.29, 1.82) is 0 Å². The maximum Gasteiger partial charge on any atom is 0.250 e. The zero-order valence-corrected chi connectivity index (χ0v) is 12.7. The third-order valence-electron chi connectivity index (χ3n) is 2.23. The topological polar surface area (TPSA) is 47.7 Å². The zero-order chi connectivity index (χ0) is 10.5. The summed E-state index contributed by atoms with van der Waals surface area (Å²) < 4.78 is 4.11. The van der Waals surface area contributed by atoms with Crippen LogP contribution in [0, 0.1) is 0 Å². The van der Waals surface area contributed by atoms with E-state index in [1.165, 1.54) is 0 Å². The second kappa shape index (κ2) is 8.38. The molecule has 94 valence electrons. The van der Waals surface area contributed by atoms with Gasteiger partial charge in [-0.2, -0.15) is 4.57 Å². The van der Waals surface area contributed by atoms with Gasteiger partial charge >= 0.3 is 0 Å². The summed E-state index contributed by atoms with van der Waals surface area (Å²) in [5.41, 5.74) is 5.46. The van der Waals surface area contributed by atoms with Crippen LogP contribution in [0.15, 0.2) is 43.1 Å². The summed E-state index contributed by atoms with van der Waals surface area (Å²) >= 11 is 0. The van der Waals surface area contributed by atoms with Gasteiger partial charge in [-0.05, 0) is 19.0 Å². The van der Waals surface area contributed by atoms with Crippen LogP contribution in [-0.2, 0) is 6.54 Å². The second-order valence-electron chi connectivity index (χ2n) is 3.39. The van der Waals surface area contributed by atoms with Crippen LogP contribution >= 0.6 is 17.0 Å². The fourth-order valence-corrected chi connectivity index (χ4v) is 1.44. The first-order valence-electron chi connectivity index (χ1n) is 5.08. The molecular formula is C11H16Br2N4. The summed E-state index contributed by atoms with van der Waals surface area (Å²) in [6.07, 6.45) is 8.84. The molecule has 0 aromatic carbocycles. The third-order valence-corrected chi connectivity index (χ3v) is 2.23. The molecule has 2 N–H and O–H groups in total. The molecule has 2 heterocycles. The van der Waals surface area contributed by atoms with Crippen LogP contribution in [0.5, 0.6) is 0 Å². The molecule has 0 saturated carbocycles. The number of aromatic nitrogens is 3. The van der Waals surface area contributed by atoms with Gasteiger partial charge in [0.2, 0.25) is 12.1 Å². The van der Waals surface area contributed by atoms with Gasteiger partial charge in [-0.15, -0.1) is 17.0 Å². The molecule has 0 atom stereocenters. The zero-order valence-electron chi connectivity index (χ0n) is 9.37.